The van der Waals surface area contributed by atoms with E-state index in [1.807, 2.05) is 95.8 Å². The topological polar surface area (TPSA) is 59.7 Å². The molecule has 0 aliphatic carbocycles. The van der Waals surface area contributed by atoms with Crippen LogP contribution in [0.15, 0.2) is 95.0 Å². The molecule has 8 heteroatoms. The number of para-hydroxylation sites is 1. The molecule has 0 atom stereocenters. The van der Waals surface area contributed by atoms with Crippen LogP contribution in [0.2, 0.25) is 5.02 Å². The molecule has 0 saturated carbocycles. The molecule has 1 aromatic heterocycles. The van der Waals surface area contributed by atoms with Crippen LogP contribution in [0, 0.1) is 5.92 Å². The lowest BCUT2D eigenvalue weighted by atomic mass is 10.00. The van der Waals surface area contributed by atoms with Crippen LogP contribution in [0.25, 0.3) is 23.0 Å². The average molecular weight is 569 g/mol. The Bertz CT molecular complexity index is 1570. The number of hydrogen-bond acceptors (Lipinski definition) is 5. The molecule has 6 rings (SSSR count). The quantitative estimate of drug-likeness (QED) is 0.226. The largest absolute Gasteiger partial charge is 0.489 e. The minimum Gasteiger partial charge on any atom is -0.489 e. The molecule has 2 aliphatic rings. The van der Waals surface area contributed by atoms with Crippen molar-refractivity contribution in [2.75, 3.05) is 13.1 Å². The van der Waals surface area contributed by atoms with Crippen molar-refractivity contribution in [3.05, 3.63) is 106 Å². The van der Waals surface area contributed by atoms with E-state index in [9.17, 15) is 4.79 Å². The maximum absolute atomic E-state index is 13.0. The molecule has 202 valence electrons. The Morgan fingerprint density at radius 2 is 1.80 bits per heavy atom. The number of benzene rings is 3. The molecule has 1 amide bonds. The number of carbonyl (C=O) groups excluding carboxylic acids is 1. The van der Waals surface area contributed by atoms with Gasteiger partial charge in [0.25, 0.3) is 5.91 Å². The molecule has 0 bridgehead atoms. The number of halogens is 1. The third-order valence-corrected chi connectivity index (χ3v) is 8.44. The molecule has 1 saturated heterocycles. The van der Waals surface area contributed by atoms with Crippen LogP contribution >= 0.6 is 23.4 Å². The Balaban J connectivity index is 1.29. The smallest absolute Gasteiger partial charge is 0.286 e. The van der Waals surface area contributed by atoms with E-state index in [2.05, 4.69) is 16.8 Å². The first-order chi connectivity index (χ1) is 19.5. The fraction of sp³-hybridized carbons (Fsp3) is 0.219. The SMILES string of the molecule is CC1CCN(C2=NC(=O)C(=Cc3cn(-c4ccccc4)nc3-c3cccc(OCc4ccc(Cl)cc4)c3)S2)CC1. The molecule has 2 aliphatic heterocycles. The van der Waals surface area contributed by atoms with Gasteiger partial charge in [-0.25, -0.2) is 4.68 Å². The van der Waals surface area contributed by atoms with E-state index >= 15 is 0 Å². The molecule has 3 heterocycles. The number of thioether (sulfide) groups is 1. The second kappa shape index (κ2) is 11.7. The fourth-order valence-electron chi connectivity index (χ4n) is 4.79. The highest BCUT2D eigenvalue weighted by molar-refractivity contribution is 8.18. The summed E-state index contributed by atoms with van der Waals surface area (Å²) in [7, 11) is 0. The summed E-state index contributed by atoms with van der Waals surface area (Å²) in [5, 5.41) is 6.44. The van der Waals surface area contributed by atoms with E-state index in [-0.39, 0.29) is 5.91 Å². The van der Waals surface area contributed by atoms with Crippen molar-refractivity contribution >= 4 is 40.5 Å². The van der Waals surface area contributed by atoms with Gasteiger partial charge in [-0.15, -0.1) is 0 Å². The van der Waals surface area contributed by atoms with E-state index in [1.165, 1.54) is 11.8 Å². The van der Waals surface area contributed by atoms with Gasteiger partial charge in [-0.2, -0.15) is 10.1 Å². The van der Waals surface area contributed by atoms with Gasteiger partial charge in [0.05, 0.1) is 10.6 Å². The first-order valence-electron chi connectivity index (χ1n) is 13.4. The number of piperidine rings is 1. The van der Waals surface area contributed by atoms with Crippen molar-refractivity contribution in [3.63, 3.8) is 0 Å². The molecular weight excluding hydrogens is 540 g/mol. The fourth-order valence-corrected chi connectivity index (χ4v) is 5.87. The summed E-state index contributed by atoms with van der Waals surface area (Å²) in [6.45, 7) is 4.58. The Morgan fingerprint density at radius 3 is 2.58 bits per heavy atom. The van der Waals surface area contributed by atoms with Crippen LogP contribution in [-0.2, 0) is 11.4 Å². The number of rotatable bonds is 6. The van der Waals surface area contributed by atoms with Crippen molar-refractivity contribution < 1.29 is 9.53 Å². The van der Waals surface area contributed by atoms with Crippen LogP contribution in [0.5, 0.6) is 5.75 Å². The highest BCUT2D eigenvalue weighted by atomic mass is 35.5. The number of amides is 1. The van der Waals surface area contributed by atoms with Gasteiger partial charge in [-0.3, -0.25) is 4.79 Å². The molecule has 40 heavy (non-hydrogen) atoms. The molecule has 0 N–H and O–H groups in total. The summed E-state index contributed by atoms with van der Waals surface area (Å²) in [4.78, 5) is 20.2. The van der Waals surface area contributed by atoms with Crippen molar-refractivity contribution in [2.24, 2.45) is 10.9 Å². The normalized spacial score (nSPS) is 16.9. The van der Waals surface area contributed by atoms with E-state index in [0.717, 1.165) is 64.9 Å². The average Bonchev–Trinajstić information content (AvgIpc) is 3.57. The zero-order chi connectivity index (χ0) is 27.5. The summed E-state index contributed by atoms with van der Waals surface area (Å²) in [6.07, 6.45) is 6.13. The molecule has 6 nitrogen and oxygen atoms in total. The summed E-state index contributed by atoms with van der Waals surface area (Å²) < 4.78 is 7.94. The monoisotopic (exact) mass is 568 g/mol. The molecule has 1 fully saturated rings. The van der Waals surface area contributed by atoms with E-state index in [0.29, 0.717) is 22.5 Å². The summed E-state index contributed by atoms with van der Waals surface area (Å²) >= 11 is 7.47. The van der Waals surface area contributed by atoms with Crippen molar-refractivity contribution in [1.82, 2.24) is 14.7 Å². The molecule has 0 radical (unpaired) electrons. The third-order valence-electron chi connectivity index (χ3n) is 7.14. The van der Waals surface area contributed by atoms with Gasteiger partial charge in [0.2, 0.25) is 0 Å². The molecule has 4 aromatic rings. The zero-order valence-electron chi connectivity index (χ0n) is 22.2. The molecule has 0 spiro atoms. The number of nitrogens with zero attached hydrogens (tertiary/aromatic N) is 4. The van der Waals surface area contributed by atoms with Gasteiger partial charge in [0, 0.05) is 35.4 Å². The lowest BCUT2D eigenvalue weighted by molar-refractivity contribution is -0.113. The lowest BCUT2D eigenvalue weighted by Gasteiger charge is -2.30. The summed E-state index contributed by atoms with van der Waals surface area (Å²) in [6, 6.07) is 25.5. The number of ether oxygens (including phenoxy) is 1. The standard InChI is InChI=1S/C32H29ClN4O2S/c1-22-14-16-36(17-15-22)32-34-31(38)29(40-32)19-25-20-37(27-7-3-2-4-8-27)35-30(25)24-6-5-9-28(18-24)39-21-23-10-12-26(33)13-11-23/h2-13,18-20,22H,14-17,21H2,1H3. The summed E-state index contributed by atoms with van der Waals surface area (Å²) in [5.41, 5.74) is 4.48. The van der Waals surface area contributed by atoms with Crippen molar-refractivity contribution in [1.29, 1.82) is 0 Å². The maximum atomic E-state index is 13.0. The number of likely N-dealkylation sites (tertiary alicyclic amines) is 1. The summed E-state index contributed by atoms with van der Waals surface area (Å²) in [5.74, 6) is 1.25. The Morgan fingerprint density at radius 1 is 1.02 bits per heavy atom. The predicted molar refractivity (Wildman–Crippen MR) is 163 cm³/mol. The van der Waals surface area contributed by atoms with Gasteiger partial charge in [0.15, 0.2) is 5.17 Å². The van der Waals surface area contributed by atoms with Gasteiger partial charge in [-0.1, -0.05) is 61.0 Å². The highest BCUT2D eigenvalue weighted by Crippen LogP contribution is 2.35. The van der Waals surface area contributed by atoms with Crippen molar-refractivity contribution in [3.8, 4) is 22.7 Å². The molecule has 3 aromatic carbocycles. The van der Waals surface area contributed by atoms with E-state index in [4.69, 9.17) is 21.4 Å². The Hall–Kier alpha value is -3.81. The predicted octanol–water partition coefficient (Wildman–Crippen LogP) is 7.47. The van der Waals surface area contributed by atoms with Crippen LogP contribution < -0.4 is 4.74 Å². The number of aromatic nitrogens is 2. The van der Waals surface area contributed by atoms with Crippen LogP contribution in [0.4, 0.5) is 0 Å². The number of carbonyl (C=O) groups is 1. The van der Waals surface area contributed by atoms with Gasteiger partial charge in [0.1, 0.15) is 18.1 Å². The van der Waals surface area contributed by atoms with Gasteiger partial charge in [-0.05, 0) is 78.6 Å². The Labute approximate surface area is 243 Å². The van der Waals surface area contributed by atoms with Crippen LogP contribution in [-0.4, -0.2) is 38.8 Å². The number of hydrogen-bond donors (Lipinski definition) is 0. The van der Waals surface area contributed by atoms with E-state index < -0.39 is 0 Å². The number of amidine groups is 1. The van der Waals surface area contributed by atoms with Crippen LogP contribution in [0.3, 0.4) is 0 Å². The van der Waals surface area contributed by atoms with Gasteiger partial charge >= 0.3 is 0 Å². The van der Waals surface area contributed by atoms with Crippen molar-refractivity contribution in [2.45, 2.75) is 26.4 Å². The van der Waals surface area contributed by atoms with Crippen LogP contribution in [0.1, 0.15) is 30.9 Å². The van der Waals surface area contributed by atoms with E-state index in [1.54, 1.807) is 0 Å². The minimum atomic E-state index is -0.197. The second-order valence-corrected chi connectivity index (χ2v) is 11.6. The Kier molecular flexibility index (Phi) is 7.75. The highest BCUT2D eigenvalue weighted by Gasteiger charge is 2.28. The molecule has 0 unspecified atom stereocenters. The second-order valence-electron chi connectivity index (χ2n) is 10.1. The van der Waals surface area contributed by atoms with Gasteiger partial charge < -0.3 is 9.64 Å². The number of aliphatic imine (C=N–C) groups is 1. The lowest BCUT2D eigenvalue weighted by Crippen LogP contribution is -2.35. The maximum Gasteiger partial charge on any atom is 0.286 e. The minimum absolute atomic E-state index is 0.197. The molecular formula is C32H29ClN4O2S. The zero-order valence-corrected chi connectivity index (χ0v) is 23.7. The first-order valence-corrected chi connectivity index (χ1v) is 14.6. The third kappa shape index (κ3) is 6.01. The first kappa shape index (κ1) is 26.4.